The highest BCUT2D eigenvalue weighted by Gasteiger charge is 2.10. The van der Waals surface area contributed by atoms with Gasteiger partial charge in [0.05, 0.1) is 18.1 Å². The SMILES string of the molecule is CCOC(=O)NCc1ccc(-c2cccc([N+](=O)[O-])c2)o1. The largest absolute Gasteiger partial charge is 0.459 e. The van der Waals surface area contributed by atoms with Crippen LogP contribution >= 0.6 is 0 Å². The highest BCUT2D eigenvalue weighted by Crippen LogP contribution is 2.25. The van der Waals surface area contributed by atoms with E-state index in [2.05, 4.69) is 5.32 Å². The number of benzene rings is 1. The van der Waals surface area contributed by atoms with Crippen molar-refractivity contribution in [2.24, 2.45) is 0 Å². The molecule has 0 aliphatic heterocycles. The van der Waals surface area contributed by atoms with Gasteiger partial charge in [-0.1, -0.05) is 12.1 Å². The fourth-order valence-electron chi connectivity index (χ4n) is 1.74. The van der Waals surface area contributed by atoms with Crippen LogP contribution < -0.4 is 5.32 Å². The standard InChI is InChI=1S/C14H14N2O5/c1-2-20-14(17)15-9-12-6-7-13(21-12)10-4-3-5-11(8-10)16(18)19/h3-8H,2,9H2,1H3,(H,15,17). The molecule has 2 aromatic rings. The lowest BCUT2D eigenvalue weighted by molar-refractivity contribution is -0.384. The Kier molecular flexibility index (Phi) is 4.55. The van der Waals surface area contributed by atoms with Crippen molar-refractivity contribution in [3.63, 3.8) is 0 Å². The minimum absolute atomic E-state index is 0.00454. The maximum atomic E-state index is 11.2. The molecule has 0 atom stereocenters. The van der Waals surface area contributed by atoms with Gasteiger partial charge in [0, 0.05) is 17.7 Å². The molecular formula is C14H14N2O5. The third-order valence-corrected chi connectivity index (χ3v) is 2.69. The summed E-state index contributed by atoms with van der Waals surface area (Å²) in [4.78, 5) is 21.4. The van der Waals surface area contributed by atoms with E-state index in [0.717, 1.165) is 0 Å². The minimum atomic E-state index is -0.522. The number of hydrogen-bond acceptors (Lipinski definition) is 5. The first-order valence-electron chi connectivity index (χ1n) is 6.34. The van der Waals surface area contributed by atoms with Crippen LogP contribution in [-0.4, -0.2) is 17.6 Å². The van der Waals surface area contributed by atoms with E-state index in [1.807, 2.05) is 0 Å². The average Bonchev–Trinajstić information content (AvgIpc) is 2.94. The molecule has 0 unspecified atom stereocenters. The van der Waals surface area contributed by atoms with E-state index in [4.69, 9.17) is 9.15 Å². The quantitative estimate of drug-likeness (QED) is 0.674. The Balaban J connectivity index is 2.07. The van der Waals surface area contributed by atoms with E-state index in [9.17, 15) is 14.9 Å². The molecule has 21 heavy (non-hydrogen) atoms. The van der Waals surface area contributed by atoms with Crippen molar-refractivity contribution in [2.45, 2.75) is 13.5 Å². The molecule has 7 nitrogen and oxygen atoms in total. The molecule has 0 spiro atoms. The maximum Gasteiger partial charge on any atom is 0.407 e. The highest BCUT2D eigenvalue weighted by atomic mass is 16.6. The zero-order valence-electron chi connectivity index (χ0n) is 11.4. The number of carbonyl (C=O) groups excluding carboxylic acids is 1. The Morgan fingerprint density at radius 1 is 1.38 bits per heavy atom. The van der Waals surface area contributed by atoms with Crippen LogP contribution in [0, 0.1) is 10.1 Å². The van der Waals surface area contributed by atoms with Gasteiger partial charge in [-0.15, -0.1) is 0 Å². The highest BCUT2D eigenvalue weighted by molar-refractivity contribution is 5.67. The normalized spacial score (nSPS) is 10.1. The van der Waals surface area contributed by atoms with Gasteiger partial charge in [-0.05, 0) is 19.1 Å². The number of nitro benzene ring substituents is 1. The van der Waals surface area contributed by atoms with Crippen molar-refractivity contribution in [1.82, 2.24) is 5.32 Å². The van der Waals surface area contributed by atoms with Crippen molar-refractivity contribution in [3.8, 4) is 11.3 Å². The molecule has 0 aliphatic carbocycles. The molecule has 0 saturated heterocycles. The Hall–Kier alpha value is -2.83. The molecule has 1 aromatic heterocycles. The number of amides is 1. The first-order chi connectivity index (χ1) is 10.1. The number of nitrogens with one attached hydrogen (secondary N) is 1. The summed E-state index contributed by atoms with van der Waals surface area (Å²) in [5.74, 6) is 1.03. The molecule has 0 bridgehead atoms. The topological polar surface area (TPSA) is 94.6 Å². The summed E-state index contributed by atoms with van der Waals surface area (Å²) in [6.45, 7) is 2.20. The van der Waals surface area contributed by atoms with Gasteiger partial charge in [-0.2, -0.15) is 0 Å². The van der Waals surface area contributed by atoms with Gasteiger partial charge in [0.1, 0.15) is 11.5 Å². The van der Waals surface area contributed by atoms with Crippen LogP contribution in [0.1, 0.15) is 12.7 Å². The summed E-state index contributed by atoms with van der Waals surface area (Å²) in [5, 5.41) is 13.3. The molecular weight excluding hydrogens is 276 g/mol. The van der Waals surface area contributed by atoms with Crippen molar-refractivity contribution >= 4 is 11.8 Å². The number of ether oxygens (including phenoxy) is 1. The van der Waals surface area contributed by atoms with Crippen LogP contribution in [-0.2, 0) is 11.3 Å². The third-order valence-electron chi connectivity index (χ3n) is 2.69. The van der Waals surface area contributed by atoms with E-state index in [1.54, 1.807) is 31.2 Å². The molecule has 1 aromatic carbocycles. The van der Waals surface area contributed by atoms with E-state index >= 15 is 0 Å². The molecule has 7 heteroatoms. The first kappa shape index (κ1) is 14.6. The first-order valence-corrected chi connectivity index (χ1v) is 6.34. The molecule has 0 aliphatic rings. The van der Waals surface area contributed by atoms with Crippen LogP contribution in [0.2, 0.25) is 0 Å². The molecule has 0 fully saturated rings. The molecule has 1 heterocycles. The Morgan fingerprint density at radius 2 is 2.19 bits per heavy atom. The van der Waals surface area contributed by atoms with Crippen molar-refractivity contribution in [3.05, 3.63) is 52.3 Å². The third kappa shape index (κ3) is 3.82. The number of nitrogens with zero attached hydrogens (tertiary/aromatic N) is 1. The monoisotopic (exact) mass is 290 g/mol. The lowest BCUT2D eigenvalue weighted by Gasteiger charge is -2.02. The zero-order valence-corrected chi connectivity index (χ0v) is 11.4. The van der Waals surface area contributed by atoms with Crippen LogP contribution in [0.25, 0.3) is 11.3 Å². The lowest BCUT2D eigenvalue weighted by atomic mass is 10.1. The number of rotatable bonds is 5. The lowest BCUT2D eigenvalue weighted by Crippen LogP contribution is -2.23. The van der Waals surface area contributed by atoms with Gasteiger partial charge in [0.25, 0.3) is 5.69 Å². The predicted octanol–water partition coefficient (Wildman–Crippen LogP) is 3.10. The van der Waals surface area contributed by atoms with Crippen LogP contribution in [0.15, 0.2) is 40.8 Å². The smallest absolute Gasteiger partial charge is 0.407 e. The van der Waals surface area contributed by atoms with Gasteiger partial charge >= 0.3 is 6.09 Å². The fraction of sp³-hybridized carbons (Fsp3) is 0.214. The van der Waals surface area contributed by atoms with Crippen LogP contribution in [0.5, 0.6) is 0 Å². The van der Waals surface area contributed by atoms with Crippen molar-refractivity contribution < 1.29 is 18.9 Å². The van der Waals surface area contributed by atoms with E-state index in [0.29, 0.717) is 23.7 Å². The second-order valence-corrected chi connectivity index (χ2v) is 4.15. The summed E-state index contributed by atoms with van der Waals surface area (Å²) in [5.41, 5.74) is 0.599. The van der Waals surface area contributed by atoms with E-state index < -0.39 is 11.0 Å². The van der Waals surface area contributed by atoms with Gasteiger partial charge in [0.15, 0.2) is 0 Å². The molecule has 0 radical (unpaired) electrons. The predicted molar refractivity (Wildman–Crippen MR) is 74.7 cm³/mol. The van der Waals surface area contributed by atoms with Crippen molar-refractivity contribution in [2.75, 3.05) is 6.61 Å². The Bertz CT molecular complexity index is 650. The molecule has 2 rings (SSSR count). The number of non-ortho nitro benzene ring substituents is 1. The summed E-state index contributed by atoms with van der Waals surface area (Å²) < 4.78 is 10.3. The number of hydrogen-bond donors (Lipinski definition) is 1. The van der Waals surface area contributed by atoms with Gasteiger partial charge in [0.2, 0.25) is 0 Å². The van der Waals surface area contributed by atoms with Crippen molar-refractivity contribution in [1.29, 1.82) is 0 Å². The van der Waals surface area contributed by atoms with Crippen LogP contribution in [0.4, 0.5) is 10.5 Å². The fourth-order valence-corrected chi connectivity index (χ4v) is 1.74. The zero-order chi connectivity index (χ0) is 15.2. The Morgan fingerprint density at radius 3 is 2.90 bits per heavy atom. The van der Waals surface area contributed by atoms with Gasteiger partial charge in [-0.3, -0.25) is 10.1 Å². The molecule has 0 saturated carbocycles. The van der Waals surface area contributed by atoms with E-state index in [1.165, 1.54) is 12.1 Å². The second kappa shape index (κ2) is 6.56. The minimum Gasteiger partial charge on any atom is -0.459 e. The summed E-state index contributed by atoms with van der Waals surface area (Å²) in [7, 11) is 0. The molecule has 110 valence electrons. The number of alkyl carbamates (subject to hydrolysis) is 1. The summed E-state index contributed by atoms with van der Waals surface area (Å²) in [6, 6.07) is 9.54. The number of nitro groups is 1. The number of furan rings is 1. The van der Waals surface area contributed by atoms with Gasteiger partial charge < -0.3 is 14.5 Å². The number of carbonyl (C=O) groups is 1. The van der Waals surface area contributed by atoms with E-state index in [-0.39, 0.29) is 12.2 Å². The van der Waals surface area contributed by atoms with Crippen LogP contribution in [0.3, 0.4) is 0 Å². The van der Waals surface area contributed by atoms with Gasteiger partial charge in [-0.25, -0.2) is 4.79 Å². The second-order valence-electron chi connectivity index (χ2n) is 4.15. The maximum absolute atomic E-state index is 11.2. The molecule has 1 N–H and O–H groups in total. The average molecular weight is 290 g/mol. The molecule has 1 amide bonds. The summed E-state index contributed by atoms with van der Waals surface area (Å²) >= 11 is 0. The summed E-state index contributed by atoms with van der Waals surface area (Å²) in [6.07, 6.45) is -0.522. The Labute approximate surface area is 120 Å².